The summed E-state index contributed by atoms with van der Waals surface area (Å²) in [6, 6.07) is 17.6. The molecule has 1 amide bonds. The van der Waals surface area contributed by atoms with Crippen molar-refractivity contribution >= 4 is 33.1 Å². The topological polar surface area (TPSA) is 112 Å². The molecule has 0 radical (unpaired) electrons. The van der Waals surface area contributed by atoms with Crippen molar-refractivity contribution in [3.05, 3.63) is 77.4 Å². The molecule has 214 valence electrons. The van der Waals surface area contributed by atoms with Gasteiger partial charge >= 0.3 is 0 Å². The highest BCUT2D eigenvalue weighted by molar-refractivity contribution is 7.91. The number of anilines is 1. The van der Waals surface area contributed by atoms with Crippen molar-refractivity contribution in [2.75, 3.05) is 36.0 Å². The van der Waals surface area contributed by atoms with Crippen LogP contribution < -0.4 is 15.5 Å². The number of ether oxygens (including phenoxy) is 1. The van der Waals surface area contributed by atoms with Gasteiger partial charge in [-0.2, -0.15) is 5.26 Å². The normalized spacial score (nSPS) is 17.0. The smallest absolute Gasteiger partial charge is 0.262 e. The molecule has 8 nitrogen and oxygen atoms in total. The SMILES string of the molecule is C=C(C)c1cccc(C(C)(C)NC(C)OC(C)CNC(=O)/C(C#N)=C/c2ccc(N3CCS(=O)(=O)CC3)cc2)c1. The number of carbonyl (C=O) groups excluding carboxylic acids is 1. The zero-order valence-electron chi connectivity index (χ0n) is 24.0. The molecule has 1 saturated heterocycles. The summed E-state index contributed by atoms with van der Waals surface area (Å²) in [6.45, 7) is 15.1. The Hall–Kier alpha value is -3.45. The lowest BCUT2D eigenvalue weighted by molar-refractivity contribution is -0.118. The van der Waals surface area contributed by atoms with Crippen molar-refractivity contribution in [3.8, 4) is 6.07 Å². The fourth-order valence-electron chi connectivity index (χ4n) is 4.59. The summed E-state index contributed by atoms with van der Waals surface area (Å²) in [5, 5.41) is 15.9. The summed E-state index contributed by atoms with van der Waals surface area (Å²) < 4.78 is 29.4. The average Bonchev–Trinajstić information content (AvgIpc) is 2.90. The minimum absolute atomic E-state index is 0.00582. The van der Waals surface area contributed by atoms with Gasteiger partial charge in [-0.3, -0.25) is 10.1 Å². The fourth-order valence-corrected chi connectivity index (χ4v) is 5.80. The number of carbonyl (C=O) groups is 1. The van der Waals surface area contributed by atoms with Crippen molar-refractivity contribution in [1.29, 1.82) is 5.26 Å². The van der Waals surface area contributed by atoms with E-state index in [0.29, 0.717) is 18.7 Å². The summed E-state index contributed by atoms with van der Waals surface area (Å²) in [6.07, 6.45) is 0.952. The van der Waals surface area contributed by atoms with Crippen molar-refractivity contribution in [2.45, 2.75) is 52.5 Å². The summed E-state index contributed by atoms with van der Waals surface area (Å²) in [5.74, 6) is -0.183. The van der Waals surface area contributed by atoms with Crippen LogP contribution in [0.15, 0.2) is 60.7 Å². The Morgan fingerprint density at radius 3 is 2.42 bits per heavy atom. The van der Waals surface area contributed by atoms with Gasteiger partial charge in [-0.1, -0.05) is 42.5 Å². The molecule has 3 rings (SSSR count). The first kappa shape index (κ1) is 31.1. The molecule has 1 aliphatic heterocycles. The molecule has 40 heavy (non-hydrogen) atoms. The maximum Gasteiger partial charge on any atom is 0.262 e. The largest absolute Gasteiger partial charge is 0.369 e. The number of nitrogens with zero attached hydrogens (tertiary/aromatic N) is 2. The molecule has 0 aliphatic carbocycles. The average molecular weight is 565 g/mol. The molecule has 9 heteroatoms. The van der Waals surface area contributed by atoms with E-state index in [9.17, 15) is 18.5 Å². The molecule has 0 spiro atoms. The first-order valence-corrected chi connectivity index (χ1v) is 15.3. The number of allylic oxidation sites excluding steroid dienone is 1. The van der Waals surface area contributed by atoms with Crippen LogP contribution in [0.2, 0.25) is 0 Å². The van der Waals surface area contributed by atoms with E-state index in [2.05, 4.69) is 43.2 Å². The third-order valence-corrected chi connectivity index (χ3v) is 8.52. The Balaban J connectivity index is 1.52. The van der Waals surface area contributed by atoms with Gasteiger partial charge in [0.25, 0.3) is 5.91 Å². The fraction of sp³-hybridized carbons (Fsp3) is 0.419. The molecule has 2 atom stereocenters. The van der Waals surface area contributed by atoms with Crippen LogP contribution in [-0.2, 0) is 24.9 Å². The van der Waals surface area contributed by atoms with Crippen LogP contribution in [0.25, 0.3) is 11.6 Å². The minimum atomic E-state index is -2.95. The molecule has 2 N–H and O–H groups in total. The second kappa shape index (κ2) is 13.3. The number of hydrogen-bond acceptors (Lipinski definition) is 7. The zero-order valence-corrected chi connectivity index (χ0v) is 24.8. The highest BCUT2D eigenvalue weighted by atomic mass is 32.2. The van der Waals surface area contributed by atoms with E-state index in [1.165, 1.54) is 6.08 Å². The predicted octanol–water partition coefficient (Wildman–Crippen LogP) is 4.25. The van der Waals surface area contributed by atoms with Crippen molar-refractivity contribution in [1.82, 2.24) is 10.6 Å². The summed E-state index contributed by atoms with van der Waals surface area (Å²) in [7, 11) is -2.95. The third-order valence-electron chi connectivity index (χ3n) is 6.91. The van der Waals surface area contributed by atoms with Gasteiger partial charge in [0.15, 0.2) is 9.84 Å². The van der Waals surface area contributed by atoms with Crippen LogP contribution >= 0.6 is 0 Å². The van der Waals surface area contributed by atoms with Crippen molar-refractivity contribution < 1.29 is 17.9 Å². The maximum absolute atomic E-state index is 12.7. The van der Waals surface area contributed by atoms with E-state index in [1.807, 2.05) is 68.1 Å². The van der Waals surface area contributed by atoms with Gasteiger partial charge in [-0.25, -0.2) is 8.42 Å². The Morgan fingerprint density at radius 1 is 1.18 bits per heavy atom. The van der Waals surface area contributed by atoms with Gasteiger partial charge in [-0.05, 0) is 75.6 Å². The van der Waals surface area contributed by atoms with E-state index < -0.39 is 15.7 Å². The van der Waals surface area contributed by atoms with Crippen LogP contribution in [0.4, 0.5) is 5.69 Å². The Labute approximate surface area is 238 Å². The van der Waals surface area contributed by atoms with Gasteiger partial charge in [0, 0.05) is 30.9 Å². The van der Waals surface area contributed by atoms with Crippen LogP contribution in [0.1, 0.15) is 51.3 Å². The second-order valence-corrected chi connectivity index (χ2v) is 13.1. The number of rotatable bonds is 11. The highest BCUT2D eigenvalue weighted by Gasteiger charge is 2.24. The third kappa shape index (κ3) is 8.78. The predicted molar refractivity (Wildman–Crippen MR) is 161 cm³/mol. The highest BCUT2D eigenvalue weighted by Crippen LogP contribution is 2.24. The summed E-state index contributed by atoms with van der Waals surface area (Å²) in [4.78, 5) is 14.7. The van der Waals surface area contributed by atoms with Gasteiger partial charge in [0.2, 0.25) is 0 Å². The molecule has 2 unspecified atom stereocenters. The first-order chi connectivity index (χ1) is 18.8. The van der Waals surface area contributed by atoms with E-state index in [4.69, 9.17) is 4.74 Å². The standard InChI is InChI=1S/C31H40N4O4S/c1-22(2)26-8-7-9-28(19-26)31(5,6)34-24(4)39-23(3)21-33-30(36)27(20-32)18-25-10-12-29(13-11-25)35-14-16-40(37,38)17-15-35/h7-13,18-19,23-24,34H,1,14-17,21H2,2-6H3,(H,33,36)/b27-18+. The van der Waals surface area contributed by atoms with Crippen LogP contribution in [0, 0.1) is 11.3 Å². The van der Waals surface area contributed by atoms with E-state index in [-0.39, 0.29) is 41.5 Å². The Kier molecular flexibility index (Phi) is 10.3. The number of sulfone groups is 1. The van der Waals surface area contributed by atoms with Crippen LogP contribution in [-0.4, -0.2) is 57.8 Å². The maximum atomic E-state index is 12.7. The minimum Gasteiger partial charge on any atom is -0.369 e. The monoisotopic (exact) mass is 564 g/mol. The van der Waals surface area contributed by atoms with E-state index >= 15 is 0 Å². The lowest BCUT2D eigenvalue weighted by atomic mass is 9.91. The summed E-state index contributed by atoms with van der Waals surface area (Å²) in [5.41, 5.74) is 4.47. The second-order valence-electron chi connectivity index (χ2n) is 10.8. The molecule has 1 fully saturated rings. The molecule has 0 bridgehead atoms. The molecule has 1 heterocycles. The van der Waals surface area contributed by atoms with Gasteiger partial charge in [-0.15, -0.1) is 0 Å². The van der Waals surface area contributed by atoms with Crippen molar-refractivity contribution in [3.63, 3.8) is 0 Å². The Bertz CT molecular complexity index is 1380. The number of benzene rings is 2. The van der Waals surface area contributed by atoms with E-state index in [1.54, 1.807) is 0 Å². The Morgan fingerprint density at radius 2 is 1.82 bits per heavy atom. The summed E-state index contributed by atoms with van der Waals surface area (Å²) >= 11 is 0. The van der Waals surface area contributed by atoms with Crippen LogP contribution in [0.3, 0.4) is 0 Å². The molecule has 0 saturated carbocycles. The molecular weight excluding hydrogens is 524 g/mol. The number of nitriles is 1. The zero-order chi connectivity index (χ0) is 29.5. The molecule has 2 aromatic carbocycles. The number of amides is 1. The van der Waals surface area contributed by atoms with Gasteiger partial charge < -0.3 is 15.0 Å². The van der Waals surface area contributed by atoms with Crippen LogP contribution in [0.5, 0.6) is 0 Å². The first-order valence-electron chi connectivity index (χ1n) is 13.4. The molecule has 1 aliphatic rings. The number of hydrogen-bond donors (Lipinski definition) is 2. The number of nitrogens with one attached hydrogen (secondary N) is 2. The lowest BCUT2D eigenvalue weighted by Gasteiger charge is -2.32. The molecular formula is C31H40N4O4S. The molecule has 0 aromatic heterocycles. The van der Waals surface area contributed by atoms with Gasteiger partial charge in [0.1, 0.15) is 17.9 Å². The lowest BCUT2D eigenvalue weighted by Crippen LogP contribution is -2.46. The quantitative estimate of drug-likeness (QED) is 0.238. The van der Waals surface area contributed by atoms with Gasteiger partial charge in [0.05, 0.1) is 17.6 Å². The van der Waals surface area contributed by atoms with E-state index in [0.717, 1.165) is 22.4 Å². The van der Waals surface area contributed by atoms with Crippen molar-refractivity contribution in [2.24, 2.45) is 0 Å². The molecule has 2 aromatic rings.